The fourth-order valence-electron chi connectivity index (χ4n) is 4.50. The summed E-state index contributed by atoms with van der Waals surface area (Å²) in [5.74, 6) is 0.774. The molecule has 0 fully saturated rings. The standard InChI is InChI=1S/C30H30ClN5O4S/c1-4-5-14-28-32-36(26-12-8-7-11-25(26)31)30(37)35(28)19-22-15-17-23(18-16-22)24-10-6-9-13-27(24)41(38,39)34-29-20(2)21(3)33-40-29/h6-13,15-18,34H,4-5,14,19H2,1-3H3. The van der Waals surface area contributed by atoms with Crippen LogP contribution in [0.4, 0.5) is 5.88 Å². The topological polar surface area (TPSA) is 112 Å². The van der Waals surface area contributed by atoms with Crippen LogP contribution in [0.15, 0.2) is 87.0 Å². The summed E-state index contributed by atoms with van der Waals surface area (Å²) in [6.07, 6.45) is 2.52. The fourth-order valence-corrected chi connectivity index (χ4v) is 5.99. The quantitative estimate of drug-likeness (QED) is 0.208. The molecule has 5 rings (SSSR count). The Kier molecular flexibility index (Phi) is 8.14. The monoisotopic (exact) mass is 591 g/mol. The van der Waals surface area contributed by atoms with Gasteiger partial charge < -0.3 is 4.52 Å². The zero-order valence-corrected chi connectivity index (χ0v) is 24.5. The van der Waals surface area contributed by atoms with Crippen LogP contribution in [0, 0.1) is 13.8 Å². The van der Waals surface area contributed by atoms with E-state index in [4.69, 9.17) is 16.1 Å². The SMILES string of the molecule is CCCCc1nn(-c2ccccc2Cl)c(=O)n1Cc1ccc(-c2ccccc2S(=O)(=O)Nc2onc(C)c2C)cc1. The minimum atomic E-state index is -3.96. The van der Waals surface area contributed by atoms with Crippen molar-refractivity contribution < 1.29 is 12.9 Å². The Balaban J connectivity index is 1.45. The van der Waals surface area contributed by atoms with Crippen LogP contribution in [0.25, 0.3) is 16.8 Å². The molecule has 0 aliphatic carbocycles. The van der Waals surface area contributed by atoms with Crippen LogP contribution in [-0.4, -0.2) is 27.9 Å². The van der Waals surface area contributed by atoms with Gasteiger partial charge in [-0.25, -0.2) is 17.9 Å². The zero-order chi connectivity index (χ0) is 29.1. The molecule has 0 aliphatic rings. The Labute approximate surface area is 243 Å². The van der Waals surface area contributed by atoms with Crippen LogP contribution in [0.1, 0.15) is 42.4 Å². The van der Waals surface area contributed by atoms with Crippen molar-refractivity contribution in [1.29, 1.82) is 0 Å². The van der Waals surface area contributed by atoms with E-state index in [1.807, 2.05) is 36.4 Å². The van der Waals surface area contributed by atoms with E-state index in [9.17, 15) is 13.2 Å². The second-order valence-corrected chi connectivity index (χ2v) is 11.8. The number of unbranched alkanes of at least 4 members (excludes halogenated alkanes) is 1. The van der Waals surface area contributed by atoms with Gasteiger partial charge in [0.1, 0.15) is 5.82 Å². The van der Waals surface area contributed by atoms with Gasteiger partial charge >= 0.3 is 5.69 Å². The minimum Gasteiger partial charge on any atom is -0.337 e. The van der Waals surface area contributed by atoms with Crippen molar-refractivity contribution in [2.45, 2.75) is 51.5 Å². The van der Waals surface area contributed by atoms with Crippen LogP contribution in [0.5, 0.6) is 0 Å². The highest BCUT2D eigenvalue weighted by Gasteiger charge is 2.23. The van der Waals surface area contributed by atoms with Crippen molar-refractivity contribution in [3.63, 3.8) is 0 Å². The molecule has 11 heteroatoms. The number of hydrogen-bond donors (Lipinski definition) is 1. The zero-order valence-electron chi connectivity index (χ0n) is 23.0. The van der Waals surface area contributed by atoms with Gasteiger partial charge in [0.25, 0.3) is 10.0 Å². The first-order valence-corrected chi connectivity index (χ1v) is 15.1. The highest BCUT2D eigenvalue weighted by Crippen LogP contribution is 2.30. The van der Waals surface area contributed by atoms with Crippen LogP contribution < -0.4 is 10.4 Å². The van der Waals surface area contributed by atoms with Gasteiger partial charge in [0.05, 0.1) is 27.8 Å². The van der Waals surface area contributed by atoms with E-state index < -0.39 is 10.0 Å². The number of nitrogens with zero attached hydrogens (tertiary/aromatic N) is 4. The Morgan fingerprint density at radius 3 is 2.37 bits per heavy atom. The summed E-state index contributed by atoms with van der Waals surface area (Å²) in [6.45, 7) is 5.89. The third-order valence-corrected chi connectivity index (χ3v) is 8.65. The van der Waals surface area contributed by atoms with E-state index in [2.05, 4.69) is 21.9 Å². The van der Waals surface area contributed by atoms with Gasteiger partial charge in [-0.3, -0.25) is 4.57 Å². The van der Waals surface area contributed by atoms with Crippen molar-refractivity contribution in [1.82, 2.24) is 19.5 Å². The molecule has 41 heavy (non-hydrogen) atoms. The number of rotatable bonds is 10. The molecule has 5 aromatic rings. The number of halogens is 1. The van der Waals surface area contributed by atoms with Crippen LogP contribution >= 0.6 is 11.6 Å². The molecule has 0 atom stereocenters. The number of aryl methyl sites for hydroxylation is 2. The van der Waals surface area contributed by atoms with Crippen LogP contribution in [0.3, 0.4) is 0 Å². The summed E-state index contributed by atoms with van der Waals surface area (Å²) in [4.78, 5) is 13.6. The largest absolute Gasteiger partial charge is 0.351 e. The van der Waals surface area contributed by atoms with E-state index >= 15 is 0 Å². The van der Waals surface area contributed by atoms with Gasteiger partial charge in [-0.05, 0) is 49.6 Å². The van der Waals surface area contributed by atoms with Gasteiger partial charge in [0.15, 0.2) is 0 Å². The molecule has 0 radical (unpaired) electrons. The first-order chi connectivity index (χ1) is 19.7. The normalized spacial score (nSPS) is 11.6. The van der Waals surface area contributed by atoms with Crippen LogP contribution in [-0.2, 0) is 23.0 Å². The van der Waals surface area contributed by atoms with E-state index in [-0.39, 0.29) is 16.5 Å². The summed E-state index contributed by atoms with van der Waals surface area (Å²) in [5.41, 5.74) is 3.63. The lowest BCUT2D eigenvalue weighted by molar-refractivity contribution is 0.430. The maximum Gasteiger partial charge on any atom is 0.351 e. The number of anilines is 1. The van der Waals surface area contributed by atoms with E-state index in [0.29, 0.717) is 51.9 Å². The van der Waals surface area contributed by atoms with E-state index in [0.717, 1.165) is 18.4 Å². The third kappa shape index (κ3) is 5.84. The minimum absolute atomic E-state index is 0.0920. The molecular formula is C30H30ClN5O4S. The number of benzene rings is 3. The Morgan fingerprint density at radius 2 is 1.68 bits per heavy atom. The average molecular weight is 592 g/mol. The first kappa shape index (κ1) is 28.4. The van der Waals surface area contributed by atoms with Gasteiger partial charge in [-0.15, -0.1) is 5.10 Å². The molecule has 0 saturated carbocycles. The molecule has 0 amide bonds. The fraction of sp³-hybridized carbons (Fsp3) is 0.233. The smallest absolute Gasteiger partial charge is 0.337 e. The molecule has 2 heterocycles. The molecule has 0 bridgehead atoms. The molecule has 0 aliphatic heterocycles. The summed E-state index contributed by atoms with van der Waals surface area (Å²) < 4.78 is 37.3. The number of para-hydroxylation sites is 1. The third-order valence-electron chi connectivity index (χ3n) is 6.94. The van der Waals surface area contributed by atoms with E-state index in [1.54, 1.807) is 54.8 Å². The molecule has 0 saturated heterocycles. The predicted octanol–water partition coefficient (Wildman–Crippen LogP) is 6.15. The molecule has 1 N–H and O–H groups in total. The maximum atomic E-state index is 13.4. The molecule has 9 nitrogen and oxygen atoms in total. The second kappa shape index (κ2) is 11.8. The number of nitrogens with one attached hydrogen (secondary N) is 1. The van der Waals surface area contributed by atoms with Crippen molar-refractivity contribution in [3.8, 4) is 16.8 Å². The lowest BCUT2D eigenvalue weighted by atomic mass is 10.0. The lowest BCUT2D eigenvalue weighted by Gasteiger charge is -2.12. The van der Waals surface area contributed by atoms with Crippen LogP contribution in [0.2, 0.25) is 5.02 Å². The van der Waals surface area contributed by atoms with Crippen molar-refractivity contribution in [2.75, 3.05) is 4.72 Å². The lowest BCUT2D eigenvalue weighted by Crippen LogP contribution is -2.25. The van der Waals surface area contributed by atoms with Crippen molar-refractivity contribution >= 4 is 27.5 Å². The maximum absolute atomic E-state index is 13.4. The van der Waals surface area contributed by atoms with E-state index in [1.165, 1.54) is 4.68 Å². The Hall–Kier alpha value is -4.15. The Morgan fingerprint density at radius 1 is 0.976 bits per heavy atom. The molecule has 3 aromatic carbocycles. The number of aromatic nitrogens is 4. The summed E-state index contributed by atoms with van der Waals surface area (Å²) in [6, 6.07) is 21.4. The summed E-state index contributed by atoms with van der Waals surface area (Å²) in [5, 5.41) is 8.90. The van der Waals surface area contributed by atoms with Gasteiger partial charge in [-0.2, -0.15) is 4.68 Å². The summed E-state index contributed by atoms with van der Waals surface area (Å²) in [7, 11) is -3.96. The first-order valence-electron chi connectivity index (χ1n) is 13.3. The van der Waals surface area contributed by atoms with Gasteiger partial charge in [0, 0.05) is 17.5 Å². The average Bonchev–Trinajstić information content (AvgIpc) is 3.45. The highest BCUT2D eigenvalue weighted by atomic mass is 35.5. The summed E-state index contributed by atoms with van der Waals surface area (Å²) >= 11 is 6.37. The molecule has 212 valence electrons. The Bertz CT molecular complexity index is 1860. The predicted molar refractivity (Wildman–Crippen MR) is 159 cm³/mol. The number of sulfonamides is 1. The van der Waals surface area contributed by atoms with Gasteiger partial charge in [-0.1, -0.05) is 84.7 Å². The molecule has 2 aromatic heterocycles. The molecule has 0 unspecified atom stereocenters. The van der Waals surface area contributed by atoms with Crippen molar-refractivity contribution in [3.05, 3.63) is 111 Å². The van der Waals surface area contributed by atoms with Gasteiger partial charge in [0.2, 0.25) is 5.88 Å². The number of hydrogen-bond acceptors (Lipinski definition) is 6. The second-order valence-electron chi connectivity index (χ2n) is 9.77. The highest BCUT2D eigenvalue weighted by molar-refractivity contribution is 7.92. The molecular weight excluding hydrogens is 562 g/mol. The molecule has 0 spiro atoms. The van der Waals surface area contributed by atoms with Crippen molar-refractivity contribution in [2.24, 2.45) is 0 Å².